The van der Waals surface area contributed by atoms with Gasteiger partial charge in [-0.25, -0.2) is 0 Å². The molecule has 0 amide bonds. The van der Waals surface area contributed by atoms with Crippen molar-refractivity contribution < 1.29 is 0 Å². The highest BCUT2D eigenvalue weighted by atomic mass is 32.2. The zero-order valence-electron chi connectivity index (χ0n) is 10.7. The Morgan fingerprint density at radius 3 is 2.71 bits per heavy atom. The van der Waals surface area contributed by atoms with Gasteiger partial charge in [-0.3, -0.25) is 0 Å². The predicted octanol–water partition coefficient (Wildman–Crippen LogP) is 5.49. The summed E-state index contributed by atoms with van der Waals surface area (Å²) >= 11 is 1.83. The Hall–Kier alpha value is -0.950. The molecule has 1 aromatic carbocycles. The Kier molecular flexibility index (Phi) is 4.49. The Morgan fingerprint density at radius 2 is 2.06 bits per heavy atom. The zero-order chi connectivity index (χ0) is 12.1. The molecule has 0 radical (unpaired) electrons. The van der Waals surface area contributed by atoms with E-state index in [9.17, 15) is 0 Å². The summed E-state index contributed by atoms with van der Waals surface area (Å²) in [5.41, 5.74) is 4.43. The molecule has 1 heteroatoms. The second kappa shape index (κ2) is 6.11. The van der Waals surface area contributed by atoms with E-state index in [0.717, 1.165) is 0 Å². The Bertz CT molecular complexity index is 423. The molecule has 0 saturated heterocycles. The van der Waals surface area contributed by atoms with E-state index in [4.69, 9.17) is 0 Å². The monoisotopic (exact) mass is 244 g/mol. The van der Waals surface area contributed by atoms with Gasteiger partial charge in [0.1, 0.15) is 0 Å². The lowest BCUT2D eigenvalue weighted by molar-refractivity contribution is 0.885. The van der Waals surface area contributed by atoms with Crippen molar-refractivity contribution in [2.75, 3.05) is 0 Å². The van der Waals surface area contributed by atoms with Gasteiger partial charge in [-0.15, -0.1) is 0 Å². The van der Waals surface area contributed by atoms with Gasteiger partial charge in [0, 0.05) is 4.90 Å². The largest absolute Gasteiger partial charge is 0.0981 e. The summed E-state index contributed by atoms with van der Waals surface area (Å²) in [7, 11) is 0. The molecular weight excluding hydrogens is 224 g/mol. The third kappa shape index (κ3) is 4.08. The lowest BCUT2D eigenvalue weighted by Gasteiger charge is -2.03. The van der Waals surface area contributed by atoms with Gasteiger partial charge >= 0.3 is 0 Å². The van der Waals surface area contributed by atoms with Gasteiger partial charge in [0.05, 0.1) is 0 Å². The van der Waals surface area contributed by atoms with Crippen LogP contribution in [0.5, 0.6) is 0 Å². The molecule has 1 aliphatic carbocycles. The Labute approximate surface area is 109 Å². The number of aryl methyl sites for hydroxylation is 1. The summed E-state index contributed by atoms with van der Waals surface area (Å²) in [6.45, 7) is 4.36. The molecule has 0 saturated carbocycles. The minimum absolute atomic E-state index is 1.17. The van der Waals surface area contributed by atoms with E-state index >= 15 is 0 Å². The Balaban J connectivity index is 1.88. The molecule has 0 heterocycles. The molecule has 0 unspecified atom stereocenters. The van der Waals surface area contributed by atoms with Crippen LogP contribution in [0.3, 0.4) is 0 Å². The second-order valence-corrected chi connectivity index (χ2v) is 5.77. The quantitative estimate of drug-likeness (QED) is 0.498. The molecule has 2 rings (SSSR count). The van der Waals surface area contributed by atoms with E-state index in [-0.39, 0.29) is 0 Å². The van der Waals surface area contributed by atoms with E-state index in [0.29, 0.717) is 0 Å². The van der Waals surface area contributed by atoms with Crippen LogP contribution in [0.25, 0.3) is 0 Å². The van der Waals surface area contributed by atoms with Gasteiger partial charge in [0.15, 0.2) is 0 Å². The predicted molar refractivity (Wildman–Crippen MR) is 77.3 cm³/mol. The van der Waals surface area contributed by atoms with E-state index in [2.05, 4.69) is 49.6 Å². The van der Waals surface area contributed by atoms with Crippen molar-refractivity contribution in [2.24, 2.45) is 0 Å². The first kappa shape index (κ1) is 12.5. The topological polar surface area (TPSA) is 0 Å². The van der Waals surface area contributed by atoms with Gasteiger partial charge in [0.2, 0.25) is 0 Å². The summed E-state index contributed by atoms with van der Waals surface area (Å²) in [6, 6.07) is 8.73. The van der Waals surface area contributed by atoms with Gasteiger partial charge in [0.25, 0.3) is 0 Å². The van der Waals surface area contributed by atoms with Crippen LogP contribution in [-0.2, 0) is 0 Å². The SMILES string of the molecule is C/C(=C\Sc1ccc(C)cc1)CC1=CCCC1. The number of thioether (sulfide) groups is 1. The fourth-order valence-corrected chi connectivity index (χ4v) is 2.80. The molecule has 0 N–H and O–H groups in total. The molecule has 0 spiro atoms. The first-order chi connectivity index (χ1) is 8.24. The molecule has 90 valence electrons. The summed E-state index contributed by atoms with van der Waals surface area (Å²) in [4.78, 5) is 1.33. The molecule has 0 fully saturated rings. The van der Waals surface area contributed by atoms with Gasteiger partial charge < -0.3 is 0 Å². The van der Waals surface area contributed by atoms with Gasteiger partial charge in [-0.05, 0) is 57.1 Å². The number of allylic oxidation sites excluding steroid dienone is 3. The molecule has 0 atom stereocenters. The van der Waals surface area contributed by atoms with Crippen molar-refractivity contribution >= 4 is 11.8 Å². The van der Waals surface area contributed by atoms with E-state index in [1.165, 1.54) is 41.7 Å². The number of benzene rings is 1. The van der Waals surface area contributed by atoms with Crippen LogP contribution in [0, 0.1) is 6.92 Å². The smallest absolute Gasteiger partial charge is 0.0116 e. The maximum atomic E-state index is 2.41. The first-order valence-electron chi connectivity index (χ1n) is 6.31. The van der Waals surface area contributed by atoms with Crippen LogP contribution >= 0.6 is 11.8 Å². The van der Waals surface area contributed by atoms with Crippen LogP contribution in [0.1, 0.15) is 38.2 Å². The van der Waals surface area contributed by atoms with Crippen molar-refractivity contribution in [3.8, 4) is 0 Å². The highest BCUT2D eigenvalue weighted by Gasteiger charge is 2.04. The van der Waals surface area contributed by atoms with Crippen LogP contribution in [-0.4, -0.2) is 0 Å². The number of hydrogen-bond acceptors (Lipinski definition) is 1. The first-order valence-corrected chi connectivity index (χ1v) is 7.19. The maximum absolute atomic E-state index is 2.41. The van der Waals surface area contributed by atoms with Crippen LogP contribution in [0.2, 0.25) is 0 Å². The number of rotatable bonds is 4. The lowest BCUT2D eigenvalue weighted by Crippen LogP contribution is -1.80. The number of hydrogen-bond donors (Lipinski definition) is 0. The van der Waals surface area contributed by atoms with Crippen LogP contribution in [0.4, 0.5) is 0 Å². The van der Waals surface area contributed by atoms with Crippen molar-refractivity contribution in [3.05, 3.63) is 52.5 Å². The van der Waals surface area contributed by atoms with E-state index in [1.54, 1.807) is 5.57 Å². The van der Waals surface area contributed by atoms with E-state index < -0.39 is 0 Å². The molecular formula is C16H20S. The maximum Gasteiger partial charge on any atom is 0.0116 e. The molecule has 0 aromatic heterocycles. The third-order valence-electron chi connectivity index (χ3n) is 3.06. The summed E-state index contributed by atoms with van der Waals surface area (Å²) in [6.07, 6.45) is 7.52. The van der Waals surface area contributed by atoms with Crippen molar-refractivity contribution in [3.63, 3.8) is 0 Å². The highest BCUT2D eigenvalue weighted by molar-refractivity contribution is 8.02. The fourth-order valence-electron chi connectivity index (χ4n) is 2.08. The average Bonchev–Trinajstić information content (AvgIpc) is 2.81. The minimum atomic E-state index is 1.17. The summed E-state index contributed by atoms with van der Waals surface area (Å²) in [5, 5.41) is 2.30. The lowest BCUT2D eigenvalue weighted by atomic mass is 10.1. The fraction of sp³-hybridized carbons (Fsp3) is 0.375. The third-order valence-corrected chi connectivity index (χ3v) is 4.12. The molecule has 17 heavy (non-hydrogen) atoms. The standard InChI is InChI=1S/C16H20S/c1-13-7-9-16(10-8-13)17-12-14(2)11-15-5-3-4-6-15/h5,7-10,12H,3-4,6,11H2,1-2H3/b14-12+. The van der Waals surface area contributed by atoms with Crippen molar-refractivity contribution in [1.29, 1.82) is 0 Å². The normalized spacial score (nSPS) is 16.1. The average molecular weight is 244 g/mol. The second-order valence-electron chi connectivity index (χ2n) is 4.83. The summed E-state index contributed by atoms with van der Waals surface area (Å²) < 4.78 is 0. The molecule has 0 nitrogen and oxygen atoms in total. The molecule has 1 aromatic rings. The Morgan fingerprint density at radius 1 is 1.29 bits per heavy atom. The molecule has 0 bridgehead atoms. The molecule has 0 aliphatic heterocycles. The van der Waals surface area contributed by atoms with Gasteiger partial charge in [-0.2, -0.15) is 0 Å². The van der Waals surface area contributed by atoms with Crippen molar-refractivity contribution in [1.82, 2.24) is 0 Å². The summed E-state index contributed by atoms with van der Waals surface area (Å²) in [5.74, 6) is 0. The molecule has 1 aliphatic rings. The van der Waals surface area contributed by atoms with Crippen LogP contribution in [0.15, 0.2) is 51.8 Å². The van der Waals surface area contributed by atoms with E-state index in [1.807, 2.05) is 11.8 Å². The van der Waals surface area contributed by atoms with Crippen molar-refractivity contribution in [2.45, 2.75) is 44.4 Å². The van der Waals surface area contributed by atoms with Crippen LogP contribution < -0.4 is 0 Å². The minimum Gasteiger partial charge on any atom is -0.0981 e. The van der Waals surface area contributed by atoms with Gasteiger partial charge in [-0.1, -0.05) is 46.7 Å². The highest BCUT2D eigenvalue weighted by Crippen LogP contribution is 2.27. The zero-order valence-corrected chi connectivity index (χ0v) is 11.5.